The first kappa shape index (κ1) is 16.7. The van der Waals surface area contributed by atoms with Gasteiger partial charge in [-0.3, -0.25) is 4.79 Å². The number of thiophene rings is 1. The van der Waals surface area contributed by atoms with Gasteiger partial charge in [0.25, 0.3) is 5.91 Å². The van der Waals surface area contributed by atoms with Crippen molar-refractivity contribution in [2.45, 2.75) is 32.4 Å². The van der Waals surface area contributed by atoms with Crippen LogP contribution >= 0.6 is 27.3 Å². The molecule has 1 aromatic heterocycles. The van der Waals surface area contributed by atoms with Crippen LogP contribution in [0.4, 0.5) is 5.00 Å². The van der Waals surface area contributed by atoms with Gasteiger partial charge in [0, 0.05) is 4.88 Å². The molecule has 0 spiro atoms. The van der Waals surface area contributed by atoms with E-state index in [0.717, 1.165) is 35.4 Å². The number of hydrogen-bond donors (Lipinski definition) is 3. The fourth-order valence-electron chi connectivity index (χ4n) is 3.55. The monoisotopic (exact) mass is 422 g/mol. The Morgan fingerprint density at radius 1 is 1.36 bits per heavy atom. The number of phenolic OH excluding ortho intramolecular Hbond substituents is 1. The maximum absolute atomic E-state index is 12.8. The van der Waals surface area contributed by atoms with E-state index >= 15 is 0 Å². The molecule has 7 heteroatoms. The Bertz CT molecular complexity index is 864. The van der Waals surface area contributed by atoms with Crippen molar-refractivity contribution in [3.05, 3.63) is 38.2 Å². The lowest BCUT2D eigenvalue weighted by Gasteiger charge is -2.27. The second-order valence-electron chi connectivity index (χ2n) is 6.66. The molecule has 25 heavy (non-hydrogen) atoms. The van der Waals surface area contributed by atoms with Gasteiger partial charge in [-0.2, -0.15) is 0 Å². The van der Waals surface area contributed by atoms with Crippen LogP contribution in [0.25, 0.3) is 0 Å². The van der Waals surface area contributed by atoms with Gasteiger partial charge in [0.2, 0.25) is 0 Å². The molecule has 2 atom stereocenters. The lowest BCUT2D eigenvalue weighted by atomic mass is 9.88. The summed E-state index contributed by atoms with van der Waals surface area (Å²) in [6.07, 6.45) is 2.80. The quantitative estimate of drug-likeness (QED) is 0.677. The number of phenols is 1. The molecule has 1 aliphatic carbocycles. The van der Waals surface area contributed by atoms with E-state index in [0.29, 0.717) is 16.1 Å². The lowest BCUT2D eigenvalue weighted by molar-refractivity contribution is 0.0935. The van der Waals surface area contributed by atoms with Gasteiger partial charge in [-0.05, 0) is 64.4 Å². The normalized spacial score (nSPS) is 21.8. The second kappa shape index (κ2) is 6.21. The Hall–Kier alpha value is -1.73. The van der Waals surface area contributed by atoms with E-state index in [-0.39, 0.29) is 17.8 Å². The van der Waals surface area contributed by atoms with E-state index < -0.39 is 0 Å². The average Bonchev–Trinajstić information content (AvgIpc) is 2.94. The molecular formula is C18H19BrN2O3S. The number of carbonyl (C=O) groups excluding carboxylic acids is 1. The highest BCUT2D eigenvalue weighted by atomic mass is 79.9. The largest absolute Gasteiger partial charge is 0.503 e. The van der Waals surface area contributed by atoms with Crippen molar-refractivity contribution in [3.63, 3.8) is 0 Å². The molecule has 0 saturated carbocycles. The fourth-order valence-corrected chi connectivity index (χ4v) is 5.44. The van der Waals surface area contributed by atoms with Crippen LogP contribution in [0, 0.1) is 5.92 Å². The highest BCUT2D eigenvalue weighted by molar-refractivity contribution is 9.10. The average molecular weight is 423 g/mol. The molecule has 1 aliphatic heterocycles. The number of hydrogen-bond acceptors (Lipinski definition) is 5. The summed E-state index contributed by atoms with van der Waals surface area (Å²) in [6.45, 7) is 2.26. The molecule has 2 aliphatic rings. The topological polar surface area (TPSA) is 70.6 Å². The van der Waals surface area contributed by atoms with E-state index in [1.54, 1.807) is 23.5 Å². The van der Waals surface area contributed by atoms with Crippen molar-refractivity contribution in [1.82, 2.24) is 5.32 Å². The standard InChI is InChI=1S/C18H19BrN2O3S/c1-8-3-4-10-13(5-8)25-18-14(10)17(23)20-16(21-18)9-6-11(19)15(22)12(7-9)24-2/h6-8,16,21-22H,3-5H2,1-2H3,(H,20,23)/t8-,16+/m1/s1. The van der Waals surface area contributed by atoms with Crippen molar-refractivity contribution in [1.29, 1.82) is 0 Å². The first-order valence-corrected chi connectivity index (χ1v) is 9.87. The Balaban J connectivity index is 1.71. The summed E-state index contributed by atoms with van der Waals surface area (Å²) in [5.41, 5.74) is 2.85. The number of benzene rings is 1. The number of nitrogens with one attached hydrogen (secondary N) is 2. The first-order chi connectivity index (χ1) is 12.0. The summed E-state index contributed by atoms with van der Waals surface area (Å²) < 4.78 is 5.74. The molecule has 0 unspecified atom stereocenters. The zero-order valence-electron chi connectivity index (χ0n) is 14.0. The van der Waals surface area contributed by atoms with Gasteiger partial charge in [0.1, 0.15) is 11.2 Å². The van der Waals surface area contributed by atoms with Gasteiger partial charge in [-0.1, -0.05) is 6.92 Å². The third kappa shape index (κ3) is 2.79. The summed E-state index contributed by atoms with van der Waals surface area (Å²) in [5, 5.41) is 17.4. The Kier molecular flexibility index (Phi) is 4.16. The predicted molar refractivity (Wildman–Crippen MR) is 102 cm³/mol. The maximum Gasteiger partial charge on any atom is 0.256 e. The fraction of sp³-hybridized carbons (Fsp3) is 0.389. The van der Waals surface area contributed by atoms with Crippen molar-refractivity contribution in [3.8, 4) is 11.5 Å². The van der Waals surface area contributed by atoms with Crippen LogP contribution in [-0.2, 0) is 12.8 Å². The van der Waals surface area contributed by atoms with E-state index in [9.17, 15) is 9.90 Å². The smallest absolute Gasteiger partial charge is 0.256 e. The zero-order chi connectivity index (χ0) is 17.7. The van der Waals surface area contributed by atoms with Crippen LogP contribution in [0.2, 0.25) is 0 Å². The molecule has 0 fully saturated rings. The third-order valence-corrected chi connectivity index (χ3v) is 6.68. The number of ether oxygens (including phenoxy) is 1. The molecule has 132 valence electrons. The van der Waals surface area contributed by atoms with Crippen LogP contribution in [0.3, 0.4) is 0 Å². The molecule has 4 rings (SSSR count). The van der Waals surface area contributed by atoms with Gasteiger partial charge in [-0.15, -0.1) is 11.3 Å². The van der Waals surface area contributed by atoms with Crippen LogP contribution in [-0.4, -0.2) is 18.1 Å². The number of rotatable bonds is 2. The highest BCUT2D eigenvalue weighted by Crippen LogP contribution is 2.44. The minimum absolute atomic E-state index is 0.0334. The van der Waals surface area contributed by atoms with Crippen molar-refractivity contribution < 1.29 is 14.6 Å². The van der Waals surface area contributed by atoms with Crippen LogP contribution < -0.4 is 15.4 Å². The third-order valence-electron chi connectivity index (χ3n) is 4.89. The van der Waals surface area contributed by atoms with Gasteiger partial charge in [0.05, 0.1) is 17.1 Å². The number of anilines is 1. The number of fused-ring (bicyclic) bond motifs is 3. The molecule has 0 bridgehead atoms. The molecule has 1 amide bonds. The first-order valence-electron chi connectivity index (χ1n) is 8.26. The van der Waals surface area contributed by atoms with Gasteiger partial charge in [-0.25, -0.2) is 0 Å². The molecule has 0 saturated heterocycles. The molecule has 2 aromatic rings. The summed E-state index contributed by atoms with van der Waals surface area (Å²) in [4.78, 5) is 14.1. The zero-order valence-corrected chi connectivity index (χ0v) is 16.4. The summed E-state index contributed by atoms with van der Waals surface area (Å²) in [6, 6.07) is 3.52. The van der Waals surface area contributed by atoms with E-state index in [4.69, 9.17) is 4.74 Å². The Morgan fingerprint density at radius 2 is 2.16 bits per heavy atom. The Morgan fingerprint density at radius 3 is 2.92 bits per heavy atom. The number of amides is 1. The van der Waals surface area contributed by atoms with Gasteiger partial charge >= 0.3 is 0 Å². The summed E-state index contributed by atoms with van der Waals surface area (Å²) in [7, 11) is 1.50. The predicted octanol–water partition coefficient (Wildman–Crippen LogP) is 4.20. The van der Waals surface area contributed by atoms with E-state index in [2.05, 4.69) is 33.5 Å². The number of carbonyl (C=O) groups is 1. The van der Waals surface area contributed by atoms with E-state index in [1.165, 1.54) is 17.6 Å². The molecule has 0 radical (unpaired) electrons. The number of halogens is 1. The highest BCUT2D eigenvalue weighted by Gasteiger charge is 2.33. The van der Waals surface area contributed by atoms with Crippen molar-refractivity contribution >= 4 is 38.2 Å². The molecule has 3 N–H and O–H groups in total. The van der Waals surface area contributed by atoms with E-state index in [1.807, 2.05) is 0 Å². The SMILES string of the molecule is COc1cc([C@H]2NC(=O)c3c(sc4c3CC[C@@H](C)C4)N2)cc(Br)c1O. The van der Waals surface area contributed by atoms with Crippen molar-refractivity contribution in [2.24, 2.45) is 5.92 Å². The second-order valence-corrected chi connectivity index (χ2v) is 8.62. The number of aromatic hydroxyl groups is 1. The maximum atomic E-state index is 12.8. The summed E-state index contributed by atoms with van der Waals surface area (Å²) >= 11 is 5.03. The number of methoxy groups -OCH3 is 1. The van der Waals surface area contributed by atoms with Crippen LogP contribution in [0.1, 0.15) is 45.9 Å². The van der Waals surface area contributed by atoms with Crippen LogP contribution in [0.15, 0.2) is 16.6 Å². The minimum Gasteiger partial charge on any atom is -0.503 e. The molecule has 5 nitrogen and oxygen atoms in total. The minimum atomic E-state index is -0.358. The lowest BCUT2D eigenvalue weighted by Crippen LogP contribution is -2.38. The van der Waals surface area contributed by atoms with Gasteiger partial charge in [0.15, 0.2) is 11.5 Å². The van der Waals surface area contributed by atoms with Crippen molar-refractivity contribution in [2.75, 3.05) is 12.4 Å². The molecule has 1 aromatic carbocycles. The molecule has 2 heterocycles. The van der Waals surface area contributed by atoms with Gasteiger partial charge < -0.3 is 20.5 Å². The summed E-state index contributed by atoms with van der Waals surface area (Å²) in [5.74, 6) is 1.05. The molecular weight excluding hydrogens is 404 g/mol. The Labute approximate surface area is 158 Å². The van der Waals surface area contributed by atoms with Crippen LogP contribution in [0.5, 0.6) is 11.5 Å².